The molecule has 1 aromatic rings. The summed E-state index contributed by atoms with van der Waals surface area (Å²) in [7, 11) is 0. The first-order valence-electron chi connectivity index (χ1n) is 6.95. The van der Waals surface area contributed by atoms with Gasteiger partial charge in [0, 0.05) is 12.1 Å². The van der Waals surface area contributed by atoms with Crippen LogP contribution < -0.4 is 14.8 Å². The number of benzene rings is 1. The van der Waals surface area contributed by atoms with Gasteiger partial charge in [0.1, 0.15) is 6.61 Å². The van der Waals surface area contributed by atoms with Crippen molar-refractivity contribution in [3.8, 4) is 11.5 Å². The first-order valence-corrected chi connectivity index (χ1v) is 6.95. The average molecular weight is 267 g/mol. The van der Waals surface area contributed by atoms with E-state index in [2.05, 4.69) is 12.2 Å². The molecule has 1 unspecified atom stereocenters. The molecule has 0 aliphatic rings. The highest BCUT2D eigenvalue weighted by atomic mass is 16.5. The minimum Gasteiger partial charge on any atom is -0.490 e. The molecule has 0 saturated heterocycles. The molecule has 19 heavy (non-hydrogen) atoms. The molecule has 0 bridgehead atoms. The summed E-state index contributed by atoms with van der Waals surface area (Å²) in [5.74, 6) is 1.47. The van der Waals surface area contributed by atoms with Crippen molar-refractivity contribution in [2.45, 2.75) is 39.8 Å². The van der Waals surface area contributed by atoms with E-state index in [9.17, 15) is 5.11 Å². The van der Waals surface area contributed by atoms with E-state index in [0.29, 0.717) is 6.61 Å². The van der Waals surface area contributed by atoms with E-state index in [1.54, 1.807) is 6.92 Å². The van der Waals surface area contributed by atoms with Gasteiger partial charge in [-0.25, -0.2) is 0 Å². The molecule has 0 heterocycles. The fourth-order valence-corrected chi connectivity index (χ4v) is 1.74. The summed E-state index contributed by atoms with van der Waals surface area (Å²) in [5, 5.41) is 12.7. The van der Waals surface area contributed by atoms with Crippen LogP contribution >= 0.6 is 0 Å². The maximum atomic E-state index is 9.36. The number of ether oxygens (including phenoxy) is 2. The number of nitrogens with one attached hydrogen (secondary N) is 1. The molecule has 4 heteroatoms. The van der Waals surface area contributed by atoms with Crippen molar-refractivity contribution in [3.63, 3.8) is 0 Å². The first-order chi connectivity index (χ1) is 9.19. The predicted molar refractivity (Wildman–Crippen MR) is 76.8 cm³/mol. The highest BCUT2D eigenvalue weighted by Crippen LogP contribution is 2.31. The maximum absolute atomic E-state index is 9.36. The standard InChI is InChI=1S/C15H25NO3/c1-4-9-16-10-13-7-6-8-14(18-5-2)15(13)19-11-12(3)17/h6-8,12,16-17H,4-5,9-11H2,1-3H3. The van der Waals surface area contributed by atoms with E-state index >= 15 is 0 Å². The Hall–Kier alpha value is -1.26. The minimum absolute atomic E-state index is 0.269. The monoisotopic (exact) mass is 267 g/mol. The van der Waals surface area contributed by atoms with Crippen LogP contribution in [0.2, 0.25) is 0 Å². The van der Waals surface area contributed by atoms with Crippen LogP contribution in [0.15, 0.2) is 18.2 Å². The number of hydrogen-bond donors (Lipinski definition) is 2. The lowest BCUT2D eigenvalue weighted by molar-refractivity contribution is 0.119. The van der Waals surface area contributed by atoms with Crippen molar-refractivity contribution in [2.24, 2.45) is 0 Å². The Bertz CT molecular complexity index is 366. The van der Waals surface area contributed by atoms with Gasteiger partial charge in [0.25, 0.3) is 0 Å². The summed E-state index contributed by atoms with van der Waals surface area (Å²) in [6, 6.07) is 5.87. The van der Waals surface area contributed by atoms with Crippen LogP contribution in [0.3, 0.4) is 0 Å². The molecule has 2 N–H and O–H groups in total. The fraction of sp³-hybridized carbons (Fsp3) is 0.600. The van der Waals surface area contributed by atoms with Gasteiger partial charge in [-0.3, -0.25) is 0 Å². The van der Waals surface area contributed by atoms with Gasteiger partial charge >= 0.3 is 0 Å². The smallest absolute Gasteiger partial charge is 0.165 e. The third-order valence-electron chi connectivity index (χ3n) is 2.57. The molecule has 0 saturated carbocycles. The highest BCUT2D eigenvalue weighted by molar-refractivity contribution is 5.46. The molecule has 0 fully saturated rings. The van der Waals surface area contributed by atoms with E-state index in [1.165, 1.54) is 0 Å². The van der Waals surface area contributed by atoms with Crippen LogP contribution in [0.1, 0.15) is 32.8 Å². The third kappa shape index (κ3) is 5.49. The summed E-state index contributed by atoms with van der Waals surface area (Å²) >= 11 is 0. The predicted octanol–water partition coefficient (Wildman–Crippen LogP) is 2.34. The topological polar surface area (TPSA) is 50.7 Å². The quantitative estimate of drug-likeness (QED) is 0.674. The summed E-state index contributed by atoms with van der Waals surface area (Å²) in [6.07, 6.45) is 0.598. The molecule has 1 atom stereocenters. The second kappa shape index (κ2) is 8.77. The Kier molecular flexibility index (Phi) is 7.30. The molecule has 0 aliphatic heterocycles. The van der Waals surface area contributed by atoms with Crippen molar-refractivity contribution in [3.05, 3.63) is 23.8 Å². The zero-order valence-electron chi connectivity index (χ0n) is 12.1. The van der Waals surface area contributed by atoms with E-state index in [1.807, 2.05) is 25.1 Å². The second-order valence-electron chi connectivity index (χ2n) is 4.51. The highest BCUT2D eigenvalue weighted by Gasteiger charge is 2.11. The van der Waals surface area contributed by atoms with Gasteiger partial charge in [0.2, 0.25) is 0 Å². The van der Waals surface area contributed by atoms with Crippen molar-refractivity contribution in [1.82, 2.24) is 5.32 Å². The van der Waals surface area contributed by atoms with Crippen LogP contribution in [0.25, 0.3) is 0 Å². The Morgan fingerprint density at radius 3 is 2.68 bits per heavy atom. The average Bonchev–Trinajstić information content (AvgIpc) is 2.38. The Morgan fingerprint density at radius 1 is 1.26 bits per heavy atom. The van der Waals surface area contributed by atoms with Gasteiger partial charge in [0.15, 0.2) is 11.5 Å². The molecule has 108 valence electrons. The van der Waals surface area contributed by atoms with Crippen molar-refractivity contribution >= 4 is 0 Å². The lowest BCUT2D eigenvalue weighted by Crippen LogP contribution is -2.17. The van der Waals surface area contributed by atoms with Gasteiger partial charge in [-0.2, -0.15) is 0 Å². The minimum atomic E-state index is -0.494. The summed E-state index contributed by atoms with van der Waals surface area (Å²) in [6.45, 7) is 8.35. The molecular formula is C15H25NO3. The van der Waals surface area contributed by atoms with Crippen LogP contribution in [0.4, 0.5) is 0 Å². The van der Waals surface area contributed by atoms with E-state index in [0.717, 1.165) is 36.6 Å². The van der Waals surface area contributed by atoms with Gasteiger partial charge in [-0.15, -0.1) is 0 Å². The summed E-state index contributed by atoms with van der Waals surface area (Å²) in [4.78, 5) is 0. The lowest BCUT2D eigenvalue weighted by atomic mass is 10.2. The van der Waals surface area contributed by atoms with Crippen molar-refractivity contribution in [2.75, 3.05) is 19.8 Å². The SMILES string of the molecule is CCCNCc1cccc(OCC)c1OCC(C)O. The van der Waals surface area contributed by atoms with E-state index in [-0.39, 0.29) is 6.61 Å². The molecule has 4 nitrogen and oxygen atoms in total. The van der Waals surface area contributed by atoms with Gasteiger partial charge in [-0.05, 0) is 32.9 Å². The van der Waals surface area contributed by atoms with Gasteiger partial charge in [0.05, 0.1) is 12.7 Å². The number of aliphatic hydroxyl groups is 1. The molecule has 0 radical (unpaired) electrons. The third-order valence-corrected chi connectivity index (χ3v) is 2.57. The Morgan fingerprint density at radius 2 is 2.05 bits per heavy atom. The molecule has 0 spiro atoms. The van der Waals surface area contributed by atoms with Crippen LogP contribution in [-0.2, 0) is 6.54 Å². The molecule has 1 aromatic carbocycles. The van der Waals surface area contributed by atoms with Crippen LogP contribution in [0.5, 0.6) is 11.5 Å². The molecular weight excluding hydrogens is 242 g/mol. The lowest BCUT2D eigenvalue weighted by Gasteiger charge is -2.17. The summed E-state index contributed by atoms with van der Waals surface area (Å²) in [5.41, 5.74) is 1.06. The number of aliphatic hydroxyl groups excluding tert-OH is 1. The molecule has 0 amide bonds. The second-order valence-corrected chi connectivity index (χ2v) is 4.51. The Balaban J connectivity index is 2.83. The molecule has 1 rings (SSSR count). The maximum Gasteiger partial charge on any atom is 0.165 e. The van der Waals surface area contributed by atoms with E-state index < -0.39 is 6.10 Å². The summed E-state index contributed by atoms with van der Waals surface area (Å²) < 4.78 is 11.3. The number of rotatable bonds is 9. The van der Waals surface area contributed by atoms with Crippen molar-refractivity contribution < 1.29 is 14.6 Å². The van der Waals surface area contributed by atoms with Crippen LogP contribution in [0, 0.1) is 0 Å². The zero-order valence-corrected chi connectivity index (χ0v) is 12.1. The zero-order chi connectivity index (χ0) is 14.1. The van der Waals surface area contributed by atoms with Crippen molar-refractivity contribution in [1.29, 1.82) is 0 Å². The first kappa shape index (κ1) is 15.8. The Labute approximate surface area is 115 Å². The fourth-order valence-electron chi connectivity index (χ4n) is 1.74. The van der Waals surface area contributed by atoms with Gasteiger partial charge < -0.3 is 19.9 Å². The van der Waals surface area contributed by atoms with Gasteiger partial charge in [-0.1, -0.05) is 19.1 Å². The van der Waals surface area contributed by atoms with Crippen LogP contribution in [-0.4, -0.2) is 31.0 Å². The number of para-hydroxylation sites is 1. The number of hydrogen-bond acceptors (Lipinski definition) is 4. The van der Waals surface area contributed by atoms with E-state index in [4.69, 9.17) is 9.47 Å². The normalized spacial score (nSPS) is 12.2. The molecule has 0 aliphatic carbocycles. The largest absolute Gasteiger partial charge is 0.490 e. The molecule has 0 aromatic heterocycles.